The van der Waals surface area contributed by atoms with Crippen molar-refractivity contribution in [2.45, 2.75) is 31.1 Å². The minimum Gasteiger partial charge on any atom is -0.493 e. The average Bonchev–Trinajstić information content (AvgIpc) is 2.38. The van der Waals surface area contributed by atoms with Gasteiger partial charge in [0.05, 0.1) is 6.61 Å². The highest BCUT2D eigenvalue weighted by atomic mass is 16.5. The summed E-state index contributed by atoms with van der Waals surface area (Å²) in [6.07, 6.45) is 3.82. The fourth-order valence-electron chi connectivity index (χ4n) is 3.37. The van der Waals surface area contributed by atoms with E-state index >= 15 is 0 Å². The molecule has 1 aromatic rings. The van der Waals surface area contributed by atoms with Crippen LogP contribution in [-0.4, -0.2) is 17.7 Å². The van der Waals surface area contributed by atoms with Crippen LogP contribution in [0.25, 0.3) is 0 Å². The molecule has 0 bridgehead atoms. The van der Waals surface area contributed by atoms with E-state index in [1.54, 1.807) is 0 Å². The van der Waals surface area contributed by atoms with Crippen molar-refractivity contribution in [2.24, 2.45) is 5.92 Å². The normalized spacial score (nSPS) is 30.9. The fraction of sp³-hybridized carbons (Fsp3) is 0.500. The van der Waals surface area contributed by atoms with Gasteiger partial charge in [0.25, 0.3) is 0 Å². The Bertz CT molecular complexity index is 455. The van der Waals surface area contributed by atoms with Crippen LogP contribution in [-0.2, 0) is 10.2 Å². The molecular weight excluding hydrogens is 216 g/mol. The van der Waals surface area contributed by atoms with Gasteiger partial charge in [0.15, 0.2) is 0 Å². The van der Waals surface area contributed by atoms with Gasteiger partial charge in [-0.15, -0.1) is 0 Å². The molecule has 0 unspecified atom stereocenters. The number of carboxylic acid groups (broad SMARTS) is 1. The molecule has 3 heteroatoms. The topological polar surface area (TPSA) is 46.5 Å². The SMILES string of the molecule is O=C(O)[C@@]12CCCC[C@@H]1COc1ccccc12. The minimum absolute atomic E-state index is 0.128. The monoisotopic (exact) mass is 232 g/mol. The summed E-state index contributed by atoms with van der Waals surface area (Å²) in [6.45, 7) is 0.545. The molecule has 1 aliphatic heterocycles. The number of hydrogen-bond acceptors (Lipinski definition) is 2. The van der Waals surface area contributed by atoms with Gasteiger partial charge in [0, 0.05) is 11.5 Å². The number of carbonyl (C=O) groups is 1. The predicted octanol–water partition coefficient (Wildman–Crippen LogP) is 2.59. The summed E-state index contributed by atoms with van der Waals surface area (Å²) < 4.78 is 5.70. The van der Waals surface area contributed by atoms with E-state index in [1.807, 2.05) is 24.3 Å². The number of benzene rings is 1. The predicted molar refractivity (Wildman–Crippen MR) is 63.2 cm³/mol. The van der Waals surface area contributed by atoms with Crippen molar-refractivity contribution in [1.82, 2.24) is 0 Å². The zero-order valence-electron chi connectivity index (χ0n) is 9.69. The molecule has 0 aromatic heterocycles. The second-order valence-electron chi connectivity index (χ2n) is 5.03. The molecule has 0 saturated heterocycles. The number of fused-ring (bicyclic) bond motifs is 3. The molecule has 3 nitrogen and oxygen atoms in total. The Hall–Kier alpha value is -1.51. The summed E-state index contributed by atoms with van der Waals surface area (Å²) >= 11 is 0. The van der Waals surface area contributed by atoms with Crippen LogP contribution < -0.4 is 4.74 Å². The first-order chi connectivity index (χ1) is 8.25. The Labute approximate surface area is 100 Å². The van der Waals surface area contributed by atoms with Gasteiger partial charge < -0.3 is 9.84 Å². The van der Waals surface area contributed by atoms with Crippen LogP contribution in [0.5, 0.6) is 5.75 Å². The largest absolute Gasteiger partial charge is 0.493 e. The molecule has 1 aromatic carbocycles. The van der Waals surface area contributed by atoms with Gasteiger partial charge in [-0.25, -0.2) is 0 Å². The molecule has 0 amide bonds. The molecular formula is C14H16O3. The van der Waals surface area contributed by atoms with Gasteiger partial charge in [-0.1, -0.05) is 31.0 Å². The van der Waals surface area contributed by atoms with Crippen molar-refractivity contribution in [3.63, 3.8) is 0 Å². The molecule has 0 spiro atoms. The van der Waals surface area contributed by atoms with E-state index in [4.69, 9.17) is 4.74 Å². The van der Waals surface area contributed by atoms with Crippen molar-refractivity contribution in [1.29, 1.82) is 0 Å². The van der Waals surface area contributed by atoms with Gasteiger partial charge in [-0.3, -0.25) is 4.79 Å². The Balaban J connectivity index is 2.18. The van der Waals surface area contributed by atoms with E-state index < -0.39 is 11.4 Å². The Morgan fingerprint density at radius 2 is 2.18 bits per heavy atom. The van der Waals surface area contributed by atoms with E-state index in [1.165, 1.54) is 0 Å². The van der Waals surface area contributed by atoms with Gasteiger partial charge >= 0.3 is 5.97 Å². The number of ether oxygens (including phenoxy) is 1. The number of para-hydroxylation sites is 1. The molecule has 1 fully saturated rings. The quantitative estimate of drug-likeness (QED) is 0.809. The maximum absolute atomic E-state index is 11.8. The summed E-state index contributed by atoms with van der Waals surface area (Å²) in [6, 6.07) is 7.60. The number of aliphatic carboxylic acids is 1. The van der Waals surface area contributed by atoms with Crippen molar-refractivity contribution in [2.75, 3.05) is 6.61 Å². The highest BCUT2D eigenvalue weighted by Crippen LogP contribution is 2.50. The molecule has 2 aliphatic rings. The summed E-state index contributed by atoms with van der Waals surface area (Å²) in [7, 11) is 0. The lowest BCUT2D eigenvalue weighted by Gasteiger charge is -2.44. The fourth-order valence-corrected chi connectivity index (χ4v) is 3.37. The van der Waals surface area contributed by atoms with Crippen LogP contribution in [0.3, 0.4) is 0 Å². The third-order valence-electron chi connectivity index (χ3n) is 4.26. The number of rotatable bonds is 1. The first-order valence-electron chi connectivity index (χ1n) is 6.21. The Kier molecular flexibility index (Phi) is 2.35. The minimum atomic E-state index is -0.701. The van der Waals surface area contributed by atoms with Crippen molar-refractivity contribution < 1.29 is 14.6 Å². The van der Waals surface area contributed by atoms with Crippen molar-refractivity contribution in [3.05, 3.63) is 29.8 Å². The zero-order chi connectivity index (χ0) is 11.9. The Morgan fingerprint density at radius 1 is 1.35 bits per heavy atom. The summed E-state index contributed by atoms with van der Waals surface area (Å²) in [5.41, 5.74) is 0.177. The third kappa shape index (κ3) is 1.38. The molecule has 2 atom stereocenters. The smallest absolute Gasteiger partial charge is 0.314 e. The van der Waals surface area contributed by atoms with E-state index in [9.17, 15) is 9.90 Å². The van der Waals surface area contributed by atoms with Crippen LogP contribution in [0.4, 0.5) is 0 Å². The zero-order valence-corrected chi connectivity index (χ0v) is 9.69. The van der Waals surface area contributed by atoms with E-state index in [0.717, 1.165) is 37.0 Å². The van der Waals surface area contributed by atoms with E-state index in [-0.39, 0.29) is 5.92 Å². The molecule has 1 heterocycles. The lowest BCUT2D eigenvalue weighted by atomic mass is 9.61. The standard InChI is InChI=1S/C14H16O3/c15-13(16)14-8-4-3-5-10(14)9-17-12-7-2-1-6-11(12)14/h1-2,6-7,10H,3-5,8-9H2,(H,15,16)/t10-,14+/m1/s1. The summed E-state index contributed by atoms with van der Waals surface area (Å²) in [5, 5.41) is 9.72. The molecule has 90 valence electrons. The van der Waals surface area contributed by atoms with Gasteiger partial charge in [-0.2, -0.15) is 0 Å². The summed E-state index contributed by atoms with van der Waals surface area (Å²) in [4.78, 5) is 11.8. The molecule has 1 aliphatic carbocycles. The van der Waals surface area contributed by atoms with Crippen molar-refractivity contribution in [3.8, 4) is 5.75 Å². The van der Waals surface area contributed by atoms with Crippen LogP contribution in [0.15, 0.2) is 24.3 Å². The molecule has 1 N–H and O–H groups in total. The molecule has 3 rings (SSSR count). The molecule has 0 radical (unpaired) electrons. The van der Waals surface area contributed by atoms with E-state index in [0.29, 0.717) is 6.61 Å². The number of hydrogen-bond donors (Lipinski definition) is 1. The van der Waals surface area contributed by atoms with Gasteiger partial charge in [0.1, 0.15) is 11.2 Å². The van der Waals surface area contributed by atoms with Crippen LogP contribution >= 0.6 is 0 Å². The highest BCUT2D eigenvalue weighted by Gasteiger charge is 2.52. The van der Waals surface area contributed by atoms with Gasteiger partial charge in [-0.05, 0) is 18.9 Å². The second-order valence-corrected chi connectivity index (χ2v) is 5.03. The second kappa shape index (κ2) is 3.76. The lowest BCUT2D eigenvalue weighted by Crippen LogP contribution is -2.50. The average molecular weight is 232 g/mol. The highest BCUT2D eigenvalue weighted by molar-refractivity contribution is 5.83. The molecule has 1 saturated carbocycles. The van der Waals surface area contributed by atoms with Crippen molar-refractivity contribution >= 4 is 5.97 Å². The maximum atomic E-state index is 11.8. The van der Waals surface area contributed by atoms with Crippen LogP contribution in [0.1, 0.15) is 31.2 Å². The third-order valence-corrected chi connectivity index (χ3v) is 4.26. The van der Waals surface area contributed by atoms with Crippen LogP contribution in [0, 0.1) is 5.92 Å². The summed E-state index contributed by atoms with van der Waals surface area (Å²) in [5.74, 6) is 0.203. The first kappa shape index (κ1) is 10.6. The van der Waals surface area contributed by atoms with Gasteiger partial charge in [0.2, 0.25) is 0 Å². The number of carboxylic acids is 1. The maximum Gasteiger partial charge on any atom is 0.314 e. The van der Waals surface area contributed by atoms with Crippen LogP contribution in [0.2, 0.25) is 0 Å². The molecule has 17 heavy (non-hydrogen) atoms. The Morgan fingerprint density at radius 3 is 3.00 bits per heavy atom. The lowest BCUT2D eigenvalue weighted by molar-refractivity contribution is -0.149. The van der Waals surface area contributed by atoms with E-state index in [2.05, 4.69) is 0 Å². The first-order valence-corrected chi connectivity index (χ1v) is 6.21.